The summed E-state index contributed by atoms with van der Waals surface area (Å²) in [5.74, 6) is 0.330. The first-order chi connectivity index (χ1) is 20.5. The van der Waals surface area contributed by atoms with E-state index >= 15 is 0 Å². The second-order valence-electron chi connectivity index (χ2n) is 10.9. The highest BCUT2D eigenvalue weighted by molar-refractivity contribution is 7.80. The summed E-state index contributed by atoms with van der Waals surface area (Å²) in [5.41, 5.74) is 6.63. The molecule has 4 aromatic rings. The van der Waals surface area contributed by atoms with Crippen molar-refractivity contribution in [3.05, 3.63) is 105 Å². The molecule has 2 unspecified atom stereocenters. The number of carbonyl (C=O) groups excluding carboxylic acids is 1. The van der Waals surface area contributed by atoms with Crippen molar-refractivity contribution in [2.45, 2.75) is 46.7 Å². The Hall–Kier alpha value is -4.77. The third-order valence-corrected chi connectivity index (χ3v) is 8.09. The van der Waals surface area contributed by atoms with Crippen LogP contribution in [0.4, 0.5) is 17.1 Å². The van der Waals surface area contributed by atoms with Crippen molar-refractivity contribution >= 4 is 40.3 Å². The van der Waals surface area contributed by atoms with Gasteiger partial charge in [0.2, 0.25) is 5.91 Å². The van der Waals surface area contributed by atoms with Crippen molar-refractivity contribution in [2.24, 2.45) is 5.92 Å². The first-order valence-corrected chi connectivity index (χ1v) is 14.4. The molecule has 222 valence electrons. The molecule has 11 heteroatoms. The van der Waals surface area contributed by atoms with Crippen LogP contribution in [0.2, 0.25) is 0 Å². The zero-order valence-corrected chi connectivity index (χ0v) is 25.7. The normalized spacial score (nSPS) is 16.3. The first-order valence-electron chi connectivity index (χ1n) is 14.0. The Bertz CT molecular complexity index is 1720. The van der Waals surface area contributed by atoms with Crippen LogP contribution < -0.4 is 20.3 Å². The fourth-order valence-corrected chi connectivity index (χ4v) is 5.93. The number of non-ortho nitro benzene ring substituents is 1. The lowest BCUT2D eigenvalue weighted by Gasteiger charge is -2.29. The third-order valence-electron chi connectivity index (χ3n) is 7.77. The molecule has 1 amide bonds. The Balaban J connectivity index is 1.66. The van der Waals surface area contributed by atoms with E-state index in [1.807, 2.05) is 75.6 Å². The molecular weight excluding hydrogens is 564 g/mol. The van der Waals surface area contributed by atoms with Gasteiger partial charge in [-0.3, -0.25) is 19.9 Å². The molecule has 0 aliphatic carbocycles. The van der Waals surface area contributed by atoms with Crippen molar-refractivity contribution in [3.8, 4) is 11.4 Å². The number of nitrogens with zero attached hydrogens (tertiary/aromatic N) is 4. The predicted molar refractivity (Wildman–Crippen MR) is 171 cm³/mol. The number of aryl methyl sites for hydroxylation is 2. The average molecular weight is 599 g/mol. The predicted octanol–water partition coefficient (Wildman–Crippen LogP) is 6.49. The lowest BCUT2D eigenvalue weighted by molar-refractivity contribution is -0.384. The first kappa shape index (κ1) is 29.7. The van der Waals surface area contributed by atoms with E-state index in [-0.39, 0.29) is 29.6 Å². The Morgan fingerprint density at radius 1 is 1.12 bits per heavy atom. The molecule has 1 fully saturated rings. The largest absolute Gasteiger partial charge is 0.495 e. The van der Waals surface area contributed by atoms with Crippen molar-refractivity contribution in [2.75, 3.05) is 17.3 Å². The topological polar surface area (TPSA) is 115 Å². The SMILES string of the molecule is COc1ccc([N+](=O)[O-])cc1-n1c(C)cc(C2C(c3ccccn3)NC(=S)N2c2ccc(NC(=O)C(C)C)c(C)c2)c1C. The van der Waals surface area contributed by atoms with Gasteiger partial charge in [0.1, 0.15) is 5.75 Å². The molecule has 2 atom stereocenters. The molecule has 2 N–H and O–H groups in total. The molecule has 43 heavy (non-hydrogen) atoms. The van der Waals surface area contributed by atoms with Gasteiger partial charge in [-0.2, -0.15) is 0 Å². The molecule has 5 rings (SSSR count). The molecule has 0 spiro atoms. The maximum Gasteiger partial charge on any atom is 0.271 e. The summed E-state index contributed by atoms with van der Waals surface area (Å²) in [5, 5.41) is 18.7. The Labute approximate surface area is 255 Å². The summed E-state index contributed by atoms with van der Waals surface area (Å²) in [4.78, 5) is 30.3. The molecule has 0 bridgehead atoms. The van der Waals surface area contributed by atoms with Crippen LogP contribution in [-0.2, 0) is 4.79 Å². The van der Waals surface area contributed by atoms with Crippen molar-refractivity contribution in [1.82, 2.24) is 14.9 Å². The molecular formula is C32H34N6O4S. The summed E-state index contributed by atoms with van der Waals surface area (Å²) in [6.07, 6.45) is 1.76. The van der Waals surface area contributed by atoms with Gasteiger partial charge < -0.3 is 24.8 Å². The van der Waals surface area contributed by atoms with E-state index < -0.39 is 4.92 Å². The molecule has 1 saturated heterocycles. The van der Waals surface area contributed by atoms with E-state index in [1.54, 1.807) is 19.4 Å². The molecule has 1 aliphatic rings. The highest BCUT2D eigenvalue weighted by atomic mass is 32.1. The lowest BCUT2D eigenvalue weighted by Crippen LogP contribution is -2.29. The number of nitro groups is 1. The zero-order chi connectivity index (χ0) is 31.0. The van der Waals surface area contributed by atoms with Crippen LogP contribution in [0.1, 0.15) is 54.1 Å². The number of carbonyl (C=O) groups is 1. The van der Waals surface area contributed by atoms with Gasteiger partial charge in [0, 0.05) is 47.0 Å². The van der Waals surface area contributed by atoms with Gasteiger partial charge in [-0.05, 0) is 86.6 Å². The summed E-state index contributed by atoms with van der Waals surface area (Å²) in [6.45, 7) is 9.62. The minimum atomic E-state index is -0.411. The van der Waals surface area contributed by atoms with E-state index in [9.17, 15) is 14.9 Å². The smallest absolute Gasteiger partial charge is 0.271 e. The number of amides is 1. The summed E-state index contributed by atoms with van der Waals surface area (Å²) in [7, 11) is 1.55. The number of benzene rings is 2. The average Bonchev–Trinajstić information content (AvgIpc) is 3.48. The number of methoxy groups -OCH3 is 1. The molecule has 3 heterocycles. The zero-order valence-electron chi connectivity index (χ0n) is 24.9. The summed E-state index contributed by atoms with van der Waals surface area (Å²) < 4.78 is 7.59. The minimum absolute atomic E-state index is 0.0262. The fraction of sp³-hybridized carbons (Fsp3) is 0.281. The number of aromatic nitrogens is 2. The van der Waals surface area contributed by atoms with E-state index in [0.717, 1.165) is 39.6 Å². The molecule has 2 aromatic carbocycles. The van der Waals surface area contributed by atoms with Crippen LogP contribution >= 0.6 is 12.2 Å². The monoisotopic (exact) mass is 598 g/mol. The quantitative estimate of drug-likeness (QED) is 0.134. The standard InChI is InChI=1S/C32H34N6O4S/c1-18(2)31(39)34-25-12-10-22(15-19(25)3)37-30(29(35-32(37)43)26-9-7-8-14-33-26)24-16-20(4)36(21(24)5)27-17-23(38(40)41)11-13-28(27)42-6/h7-18,29-30H,1-6H3,(H,34,39)(H,35,43). The van der Waals surface area contributed by atoms with E-state index in [2.05, 4.69) is 26.6 Å². The van der Waals surface area contributed by atoms with E-state index in [4.69, 9.17) is 17.0 Å². The second-order valence-corrected chi connectivity index (χ2v) is 11.3. The second kappa shape index (κ2) is 11.8. The number of anilines is 2. The summed E-state index contributed by atoms with van der Waals surface area (Å²) in [6, 6.07) is 17.7. The van der Waals surface area contributed by atoms with Crippen molar-refractivity contribution < 1.29 is 14.5 Å². The van der Waals surface area contributed by atoms with Gasteiger partial charge in [0.15, 0.2) is 5.11 Å². The van der Waals surface area contributed by atoms with Gasteiger partial charge in [-0.1, -0.05) is 19.9 Å². The maximum atomic E-state index is 12.4. The van der Waals surface area contributed by atoms with Crippen LogP contribution in [0.15, 0.2) is 66.9 Å². The van der Waals surface area contributed by atoms with Gasteiger partial charge in [0.25, 0.3) is 5.69 Å². The number of nitrogens with one attached hydrogen (secondary N) is 2. The van der Waals surface area contributed by atoms with Gasteiger partial charge in [0.05, 0.1) is 35.5 Å². The minimum Gasteiger partial charge on any atom is -0.495 e. The molecule has 2 aromatic heterocycles. The fourth-order valence-electron chi connectivity index (χ4n) is 5.59. The Morgan fingerprint density at radius 3 is 2.51 bits per heavy atom. The van der Waals surface area contributed by atoms with Crippen LogP contribution in [0, 0.1) is 36.8 Å². The van der Waals surface area contributed by atoms with Crippen molar-refractivity contribution in [3.63, 3.8) is 0 Å². The molecule has 10 nitrogen and oxygen atoms in total. The lowest BCUT2D eigenvalue weighted by atomic mass is 9.96. The van der Waals surface area contributed by atoms with Gasteiger partial charge in [-0.25, -0.2) is 0 Å². The van der Waals surface area contributed by atoms with E-state index in [1.165, 1.54) is 12.1 Å². The summed E-state index contributed by atoms with van der Waals surface area (Å²) >= 11 is 5.93. The number of thiocarbonyl (C=S) groups is 1. The van der Waals surface area contributed by atoms with E-state index in [0.29, 0.717) is 16.5 Å². The highest BCUT2D eigenvalue weighted by Gasteiger charge is 2.42. The number of ether oxygens (including phenoxy) is 1. The van der Waals surface area contributed by atoms with Gasteiger partial charge in [-0.15, -0.1) is 0 Å². The molecule has 0 saturated carbocycles. The Kier molecular flexibility index (Phi) is 8.19. The van der Waals surface area contributed by atoms with Crippen LogP contribution in [-0.4, -0.2) is 32.6 Å². The van der Waals surface area contributed by atoms with Gasteiger partial charge >= 0.3 is 0 Å². The number of pyridine rings is 1. The highest BCUT2D eigenvalue weighted by Crippen LogP contribution is 2.45. The number of rotatable bonds is 8. The molecule has 1 aliphatic heterocycles. The van der Waals surface area contributed by atoms with Crippen LogP contribution in [0.5, 0.6) is 5.75 Å². The van der Waals surface area contributed by atoms with Crippen LogP contribution in [0.25, 0.3) is 5.69 Å². The van der Waals surface area contributed by atoms with Crippen molar-refractivity contribution in [1.29, 1.82) is 0 Å². The van der Waals surface area contributed by atoms with Crippen LogP contribution in [0.3, 0.4) is 0 Å². The number of hydrogen-bond acceptors (Lipinski definition) is 6. The Morgan fingerprint density at radius 2 is 1.88 bits per heavy atom. The number of hydrogen-bond donors (Lipinski definition) is 2. The number of nitro benzene ring substituents is 1. The third kappa shape index (κ3) is 5.55. The maximum absolute atomic E-state index is 12.4. The molecule has 0 radical (unpaired) electrons.